The zero-order chi connectivity index (χ0) is 17.6. The fraction of sp³-hybridized carbons (Fsp3) is 0.450. The second kappa shape index (κ2) is 8.50. The van der Waals surface area contributed by atoms with E-state index in [1.807, 2.05) is 11.0 Å². The third-order valence-electron chi connectivity index (χ3n) is 4.90. The van der Waals surface area contributed by atoms with Crippen LogP contribution in [0, 0.1) is 0 Å². The van der Waals surface area contributed by atoms with Gasteiger partial charge in [0.15, 0.2) is 0 Å². The molecule has 2 heterocycles. The smallest absolute Gasteiger partial charge is 0.242 e. The van der Waals surface area contributed by atoms with E-state index in [0.29, 0.717) is 6.54 Å². The Balaban J connectivity index is 1.59. The summed E-state index contributed by atoms with van der Waals surface area (Å²) >= 11 is 1.80. The number of benzene rings is 1. The van der Waals surface area contributed by atoms with Crippen LogP contribution in [-0.4, -0.2) is 41.9 Å². The molecule has 0 fully saturated rings. The quantitative estimate of drug-likeness (QED) is 0.823. The first-order chi connectivity index (χ1) is 12.2. The summed E-state index contributed by atoms with van der Waals surface area (Å²) in [5.74, 6) is 0.175. The molecule has 0 saturated carbocycles. The third-order valence-corrected chi connectivity index (χ3v) is 5.92. The van der Waals surface area contributed by atoms with Gasteiger partial charge in [-0.3, -0.25) is 9.69 Å². The van der Waals surface area contributed by atoms with Crippen LogP contribution in [0.5, 0.6) is 0 Å². The molecular formula is C20H27N3OS. The number of amides is 1. The van der Waals surface area contributed by atoms with Gasteiger partial charge >= 0.3 is 0 Å². The highest BCUT2D eigenvalue weighted by atomic mass is 32.1. The zero-order valence-corrected chi connectivity index (χ0v) is 15.9. The lowest BCUT2D eigenvalue weighted by Gasteiger charge is -2.27. The Kier molecular flexibility index (Phi) is 6.10. The molecule has 2 aromatic rings. The molecule has 1 aliphatic heterocycles. The maximum atomic E-state index is 12.6. The fourth-order valence-corrected chi connectivity index (χ4v) is 4.15. The average Bonchev–Trinajstić information content (AvgIpc) is 3.12. The number of rotatable bonds is 7. The minimum Gasteiger partial charge on any atom is -0.376 e. The van der Waals surface area contributed by atoms with Crippen molar-refractivity contribution in [2.75, 3.05) is 31.5 Å². The van der Waals surface area contributed by atoms with E-state index in [1.54, 1.807) is 11.3 Å². The molecule has 3 rings (SSSR count). The van der Waals surface area contributed by atoms with Crippen LogP contribution in [0.2, 0.25) is 0 Å². The number of anilines is 1. The first kappa shape index (κ1) is 18.0. The molecule has 1 aromatic carbocycles. The van der Waals surface area contributed by atoms with Gasteiger partial charge in [-0.1, -0.05) is 32.0 Å². The highest BCUT2D eigenvalue weighted by molar-refractivity contribution is 7.10. The van der Waals surface area contributed by atoms with Crippen molar-refractivity contribution >= 4 is 22.9 Å². The first-order valence-corrected chi connectivity index (χ1v) is 9.96. The van der Waals surface area contributed by atoms with Gasteiger partial charge < -0.3 is 10.2 Å². The van der Waals surface area contributed by atoms with E-state index in [1.165, 1.54) is 16.0 Å². The number of carbonyl (C=O) groups excluding carboxylic acids is 1. The Morgan fingerprint density at radius 2 is 2.04 bits per heavy atom. The van der Waals surface area contributed by atoms with Crippen molar-refractivity contribution in [1.82, 2.24) is 9.80 Å². The van der Waals surface area contributed by atoms with Crippen LogP contribution in [0.15, 0.2) is 35.7 Å². The van der Waals surface area contributed by atoms with Crippen LogP contribution in [0.3, 0.4) is 0 Å². The van der Waals surface area contributed by atoms with Gasteiger partial charge in [-0.25, -0.2) is 0 Å². The van der Waals surface area contributed by atoms with Gasteiger partial charge in [0, 0.05) is 30.2 Å². The van der Waals surface area contributed by atoms with E-state index in [2.05, 4.69) is 53.7 Å². The Morgan fingerprint density at radius 1 is 1.24 bits per heavy atom. The van der Waals surface area contributed by atoms with E-state index in [9.17, 15) is 4.79 Å². The van der Waals surface area contributed by atoms with E-state index in [-0.39, 0.29) is 5.91 Å². The number of para-hydroxylation sites is 1. The number of hydrogen-bond acceptors (Lipinski definition) is 4. The first-order valence-electron chi connectivity index (χ1n) is 9.08. The molecule has 0 aliphatic carbocycles. The highest BCUT2D eigenvalue weighted by Gasteiger charge is 2.21. The number of fused-ring (bicyclic) bond motifs is 1. The number of carbonyl (C=O) groups is 1. The Hall–Kier alpha value is -1.85. The van der Waals surface area contributed by atoms with Gasteiger partial charge in [-0.05, 0) is 48.2 Å². The van der Waals surface area contributed by atoms with E-state index in [4.69, 9.17) is 0 Å². The Labute approximate surface area is 154 Å². The van der Waals surface area contributed by atoms with Crippen molar-refractivity contribution < 1.29 is 4.79 Å². The number of nitrogens with one attached hydrogen (secondary N) is 1. The summed E-state index contributed by atoms with van der Waals surface area (Å²) in [6, 6.07) is 10.4. The van der Waals surface area contributed by atoms with Gasteiger partial charge in [-0.15, -0.1) is 11.3 Å². The number of hydrogen-bond donors (Lipinski definition) is 1. The molecule has 1 amide bonds. The van der Waals surface area contributed by atoms with Crippen molar-refractivity contribution in [3.63, 3.8) is 0 Å². The van der Waals surface area contributed by atoms with Crippen LogP contribution in [0.1, 0.15) is 29.9 Å². The molecule has 1 aromatic heterocycles. The molecule has 0 bridgehead atoms. The van der Waals surface area contributed by atoms with Crippen LogP contribution in [0.25, 0.3) is 0 Å². The molecule has 25 heavy (non-hydrogen) atoms. The van der Waals surface area contributed by atoms with Crippen molar-refractivity contribution in [3.05, 3.63) is 51.7 Å². The summed E-state index contributed by atoms with van der Waals surface area (Å²) in [6.45, 7) is 9.26. The molecule has 0 radical (unpaired) electrons. The van der Waals surface area contributed by atoms with E-state index in [0.717, 1.165) is 44.8 Å². The molecule has 4 nitrogen and oxygen atoms in total. The molecule has 5 heteroatoms. The Bertz CT molecular complexity index is 708. The van der Waals surface area contributed by atoms with Crippen LogP contribution >= 0.6 is 11.3 Å². The van der Waals surface area contributed by atoms with Gasteiger partial charge in [0.25, 0.3) is 0 Å². The van der Waals surface area contributed by atoms with Crippen molar-refractivity contribution in [1.29, 1.82) is 0 Å². The average molecular weight is 358 g/mol. The molecule has 0 saturated heterocycles. The molecule has 1 N–H and O–H groups in total. The largest absolute Gasteiger partial charge is 0.376 e. The summed E-state index contributed by atoms with van der Waals surface area (Å²) in [5, 5.41) is 5.49. The molecule has 0 spiro atoms. The zero-order valence-electron chi connectivity index (χ0n) is 15.1. The number of thiophene rings is 1. The second-order valence-electron chi connectivity index (χ2n) is 6.41. The van der Waals surface area contributed by atoms with Crippen LogP contribution < -0.4 is 5.32 Å². The predicted octanol–water partition coefficient (Wildman–Crippen LogP) is 3.59. The van der Waals surface area contributed by atoms with Crippen molar-refractivity contribution in [3.8, 4) is 0 Å². The standard InChI is InChI=1S/C20H27N3OS/c1-3-22(4-2)14-16-7-5-6-8-18(16)21-13-20(24)23-11-9-19-17(15-23)10-12-25-19/h5-8,10,12,21H,3-4,9,11,13-15H2,1-2H3. The minimum atomic E-state index is 0.175. The normalized spacial score (nSPS) is 13.8. The Morgan fingerprint density at radius 3 is 2.84 bits per heavy atom. The lowest BCUT2D eigenvalue weighted by Crippen LogP contribution is -2.38. The third kappa shape index (κ3) is 4.41. The van der Waals surface area contributed by atoms with E-state index < -0.39 is 0 Å². The van der Waals surface area contributed by atoms with Crippen molar-refractivity contribution in [2.24, 2.45) is 0 Å². The summed E-state index contributed by atoms with van der Waals surface area (Å²) < 4.78 is 0. The molecule has 134 valence electrons. The van der Waals surface area contributed by atoms with Gasteiger partial charge in [0.05, 0.1) is 6.54 Å². The molecule has 0 unspecified atom stereocenters. The summed E-state index contributed by atoms with van der Waals surface area (Å²) in [6.07, 6.45) is 0.983. The predicted molar refractivity (Wildman–Crippen MR) is 105 cm³/mol. The van der Waals surface area contributed by atoms with Crippen LogP contribution in [-0.2, 0) is 24.3 Å². The summed E-state index contributed by atoms with van der Waals surface area (Å²) in [4.78, 5) is 18.4. The lowest BCUT2D eigenvalue weighted by molar-refractivity contribution is -0.130. The maximum Gasteiger partial charge on any atom is 0.242 e. The lowest BCUT2D eigenvalue weighted by atomic mass is 10.1. The molecular weight excluding hydrogens is 330 g/mol. The van der Waals surface area contributed by atoms with Gasteiger partial charge in [-0.2, -0.15) is 0 Å². The monoisotopic (exact) mass is 357 g/mol. The summed E-state index contributed by atoms with van der Waals surface area (Å²) in [5.41, 5.74) is 3.63. The molecule has 1 aliphatic rings. The van der Waals surface area contributed by atoms with Gasteiger partial charge in [0.2, 0.25) is 5.91 Å². The minimum absolute atomic E-state index is 0.175. The maximum absolute atomic E-state index is 12.6. The topological polar surface area (TPSA) is 35.6 Å². The molecule has 0 atom stereocenters. The SMILES string of the molecule is CCN(CC)Cc1ccccc1NCC(=O)N1CCc2sccc2C1. The fourth-order valence-electron chi connectivity index (χ4n) is 3.26. The highest BCUT2D eigenvalue weighted by Crippen LogP contribution is 2.24. The van der Waals surface area contributed by atoms with Crippen LogP contribution in [0.4, 0.5) is 5.69 Å². The number of nitrogens with zero attached hydrogens (tertiary/aromatic N) is 2. The van der Waals surface area contributed by atoms with E-state index >= 15 is 0 Å². The summed E-state index contributed by atoms with van der Waals surface area (Å²) in [7, 11) is 0. The van der Waals surface area contributed by atoms with Crippen molar-refractivity contribution in [2.45, 2.75) is 33.4 Å². The van der Waals surface area contributed by atoms with Gasteiger partial charge in [0.1, 0.15) is 0 Å². The second-order valence-corrected chi connectivity index (χ2v) is 7.41.